The minimum Gasteiger partial charge on any atom is -0.496 e. The minimum absolute atomic E-state index is 0.554. The summed E-state index contributed by atoms with van der Waals surface area (Å²) in [5.41, 5.74) is 2.42. The Hall–Kier alpha value is -1.10. The highest BCUT2D eigenvalue weighted by atomic mass is 16.5. The van der Waals surface area contributed by atoms with Gasteiger partial charge in [0.05, 0.1) is 20.3 Å². The third-order valence-electron chi connectivity index (χ3n) is 4.04. The van der Waals surface area contributed by atoms with Crippen molar-refractivity contribution >= 4 is 0 Å². The molecule has 2 rings (SSSR count). The summed E-state index contributed by atoms with van der Waals surface area (Å²) in [6.45, 7) is 6.41. The van der Waals surface area contributed by atoms with Gasteiger partial charge < -0.3 is 14.2 Å². The van der Waals surface area contributed by atoms with Crippen molar-refractivity contribution < 1.29 is 14.2 Å². The average Bonchev–Trinajstić information content (AvgIpc) is 2.93. The smallest absolute Gasteiger partial charge is 0.124 e. The van der Waals surface area contributed by atoms with Gasteiger partial charge in [-0.1, -0.05) is 6.07 Å². The molecule has 4 heteroatoms. The molecule has 1 aromatic carbocycles. The Morgan fingerprint density at radius 2 is 2.14 bits per heavy atom. The van der Waals surface area contributed by atoms with Gasteiger partial charge in [-0.05, 0) is 44.0 Å². The Balaban J connectivity index is 2.02. The van der Waals surface area contributed by atoms with Gasteiger partial charge in [-0.3, -0.25) is 4.90 Å². The molecule has 1 aliphatic rings. The van der Waals surface area contributed by atoms with E-state index in [4.69, 9.17) is 14.2 Å². The molecule has 1 aliphatic heterocycles. The van der Waals surface area contributed by atoms with Crippen LogP contribution in [0.5, 0.6) is 5.75 Å². The summed E-state index contributed by atoms with van der Waals surface area (Å²) < 4.78 is 16.2. The number of nitrogens with zero attached hydrogens (tertiary/aromatic N) is 1. The summed E-state index contributed by atoms with van der Waals surface area (Å²) in [6.07, 6.45) is 2.50. The molecule has 1 heterocycles. The molecular weight excluding hydrogens is 266 g/mol. The van der Waals surface area contributed by atoms with E-state index in [1.165, 1.54) is 18.4 Å². The summed E-state index contributed by atoms with van der Waals surface area (Å²) in [4.78, 5) is 2.52. The number of benzene rings is 1. The lowest BCUT2D eigenvalue weighted by Crippen LogP contribution is -2.32. The van der Waals surface area contributed by atoms with E-state index in [0.29, 0.717) is 12.6 Å². The molecule has 118 valence electrons. The highest BCUT2D eigenvalue weighted by Gasteiger charge is 2.24. The van der Waals surface area contributed by atoms with Crippen LogP contribution in [0.25, 0.3) is 0 Å². The van der Waals surface area contributed by atoms with E-state index < -0.39 is 0 Å². The number of methoxy groups -OCH3 is 2. The van der Waals surface area contributed by atoms with Crippen LogP contribution >= 0.6 is 0 Å². The van der Waals surface area contributed by atoms with E-state index in [1.54, 1.807) is 14.2 Å². The number of ether oxygens (including phenoxy) is 3. The minimum atomic E-state index is 0.554. The fraction of sp³-hybridized carbons (Fsp3) is 0.647. The van der Waals surface area contributed by atoms with Crippen LogP contribution in [0, 0.1) is 0 Å². The normalized spacial score (nSPS) is 19.1. The first-order valence-electron chi connectivity index (χ1n) is 7.75. The number of likely N-dealkylation sites (tertiary alicyclic amines) is 1. The van der Waals surface area contributed by atoms with Gasteiger partial charge >= 0.3 is 0 Å². The predicted molar refractivity (Wildman–Crippen MR) is 83.6 cm³/mol. The second kappa shape index (κ2) is 8.37. The Morgan fingerprint density at radius 1 is 1.29 bits per heavy atom. The molecule has 1 atom stereocenters. The molecule has 0 bridgehead atoms. The van der Waals surface area contributed by atoms with Gasteiger partial charge in [0.15, 0.2) is 0 Å². The van der Waals surface area contributed by atoms with Crippen molar-refractivity contribution in [3.05, 3.63) is 29.3 Å². The fourth-order valence-corrected chi connectivity index (χ4v) is 2.98. The maximum atomic E-state index is 5.60. The van der Waals surface area contributed by atoms with Gasteiger partial charge in [-0.25, -0.2) is 0 Å². The first-order valence-corrected chi connectivity index (χ1v) is 7.75. The molecule has 0 aliphatic carbocycles. The van der Waals surface area contributed by atoms with Crippen LogP contribution in [0.15, 0.2) is 18.2 Å². The van der Waals surface area contributed by atoms with Gasteiger partial charge in [-0.2, -0.15) is 0 Å². The Kier molecular flexibility index (Phi) is 6.49. The first-order chi connectivity index (χ1) is 10.3. The third-order valence-corrected chi connectivity index (χ3v) is 4.04. The number of rotatable bonds is 8. The second-order valence-electron chi connectivity index (χ2n) is 5.51. The molecule has 0 radical (unpaired) electrons. The SMILES string of the molecule is CCOC[C@@H]1CCCN1Cc1ccc(OC)c(COC)c1. The first kappa shape index (κ1) is 16.3. The molecular formula is C17H27NO3. The Morgan fingerprint density at radius 3 is 2.86 bits per heavy atom. The highest BCUT2D eigenvalue weighted by Crippen LogP contribution is 2.24. The van der Waals surface area contributed by atoms with E-state index in [-0.39, 0.29) is 0 Å². The highest BCUT2D eigenvalue weighted by molar-refractivity contribution is 5.37. The standard InChI is InChI=1S/C17H27NO3/c1-4-21-13-16-6-5-9-18(16)11-14-7-8-17(20-3)15(10-14)12-19-2/h7-8,10,16H,4-6,9,11-13H2,1-3H3/t16-/m0/s1. The molecule has 0 N–H and O–H groups in total. The molecule has 4 nitrogen and oxygen atoms in total. The van der Waals surface area contributed by atoms with Crippen LogP contribution in [-0.2, 0) is 22.6 Å². The quantitative estimate of drug-likeness (QED) is 0.737. The van der Waals surface area contributed by atoms with Crippen molar-refractivity contribution in [3.8, 4) is 5.75 Å². The van der Waals surface area contributed by atoms with Gasteiger partial charge in [-0.15, -0.1) is 0 Å². The van der Waals surface area contributed by atoms with Crippen molar-refractivity contribution in [3.63, 3.8) is 0 Å². The molecule has 0 unspecified atom stereocenters. The van der Waals surface area contributed by atoms with E-state index >= 15 is 0 Å². The van der Waals surface area contributed by atoms with Gasteiger partial charge in [0.25, 0.3) is 0 Å². The van der Waals surface area contributed by atoms with Crippen molar-refractivity contribution in [1.82, 2.24) is 4.90 Å². The lowest BCUT2D eigenvalue weighted by molar-refractivity contribution is 0.0823. The number of hydrogen-bond acceptors (Lipinski definition) is 4. The molecule has 21 heavy (non-hydrogen) atoms. The summed E-state index contributed by atoms with van der Waals surface area (Å²) >= 11 is 0. The fourth-order valence-electron chi connectivity index (χ4n) is 2.98. The maximum Gasteiger partial charge on any atom is 0.124 e. The van der Waals surface area contributed by atoms with Crippen LogP contribution in [0.4, 0.5) is 0 Å². The summed E-state index contributed by atoms with van der Waals surface area (Å²) in [5.74, 6) is 0.896. The zero-order chi connectivity index (χ0) is 15.1. The molecule has 0 amide bonds. The molecule has 0 saturated carbocycles. The predicted octanol–water partition coefficient (Wildman–Crippen LogP) is 2.84. The van der Waals surface area contributed by atoms with Gasteiger partial charge in [0.1, 0.15) is 5.75 Å². The van der Waals surface area contributed by atoms with Crippen LogP contribution in [-0.4, -0.2) is 44.9 Å². The summed E-state index contributed by atoms with van der Waals surface area (Å²) in [7, 11) is 3.41. The van der Waals surface area contributed by atoms with Crippen LogP contribution in [0.3, 0.4) is 0 Å². The molecule has 1 fully saturated rings. The van der Waals surface area contributed by atoms with E-state index in [1.807, 2.05) is 6.07 Å². The Labute approximate surface area is 128 Å². The van der Waals surface area contributed by atoms with Crippen molar-refractivity contribution in [2.75, 3.05) is 34.0 Å². The number of hydrogen-bond donors (Lipinski definition) is 0. The molecule has 1 saturated heterocycles. The molecule has 1 aromatic rings. The van der Waals surface area contributed by atoms with E-state index in [2.05, 4.69) is 24.0 Å². The third kappa shape index (κ3) is 4.43. The van der Waals surface area contributed by atoms with Crippen LogP contribution < -0.4 is 4.74 Å². The topological polar surface area (TPSA) is 30.9 Å². The molecule has 0 spiro atoms. The lowest BCUT2D eigenvalue weighted by Gasteiger charge is -2.24. The van der Waals surface area contributed by atoms with Crippen molar-refractivity contribution in [2.24, 2.45) is 0 Å². The van der Waals surface area contributed by atoms with Crippen molar-refractivity contribution in [1.29, 1.82) is 0 Å². The lowest BCUT2D eigenvalue weighted by atomic mass is 10.1. The van der Waals surface area contributed by atoms with Crippen LogP contribution in [0.1, 0.15) is 30.9 Å². The zero-order valence-corrected chi connectivity index (χ0v) is 13.4. The molecule has 0 aromatic heterocycles. The maximum absolute atomic E-state index is 5.60. The van der Waals surface area contributed by atoms with E-state index in [9.17, 15) is 0 Å². The van der Waals surface area contributed by atoms with E-state index in [0.717, 1.165) is 37.6 Å². The average molecular weight is 293 g/mol. The second-order valence-corrected chi connectivity index (χ2v) is 5.51. The van der Waals surface area contributed by atoms with Gasteiger partial charge in [0.2, 0.25) is 0 Å². The Bertz CT molecular complexity index is 436. The summed E-state index contributed by atoms with van der Waals surface area (Å²) in [6, 6.07) is 6.93. The summed E-state index contributed by atoms with van der Waals surface area (Å²) in [5, 5.41) is 0. The van der Waals surface area contributed by atoms with Crippen molar-refractivity contribution in [2.45, 2.75) is 39.0 Å². The largest absolute Gasteiger partial charge is 0.496 e. The monoisotopic (exact) mass is 293 g/mol. The van der Waals surface area contributed by atoms with Gasteiger partial charge in [0, 0.05) is 31.9 Å². The zero-order valence-electron chi connectivity index (χ0n) is 13.4. The van der Waals surface area contributed by atoms with Crippen LogP contribution in [0.2, 0.25) is 0 Å².